The first-order valence-corrected chi connectivity index (χ1v) is 5.86. The maximum atomic E-state index is 5.65. The van der Waals surface area contributed by atoms with E-state index in [0.29, 0.717) is 4.99 Å². The molecule has 0 spiro atoms. The van der Waals surface area contributed by atoms with Crippen LogP contribution in [0.3, 0.4) is 0 Å². The fraction of sp³-hybridized carbons (Fsp3) is 0.556. The van der Waals surface area contributed by atoms with Crippen molar-refractivity contribution in [2.75, 3.05) is 7.05 Å². The number of hydrogen-bond acceptors (Lipinski definition) is 4. The molecule has 0 aliphatic heterocycles. The quantitative estimate of drug-likeness (QED) is 0.779. The number of likely N-dealkylation sites (N-methyl/N-ethyl adjacent to an activating group) is 1. The predicted molar refractivity (Wildman–Crippen MR) is 64.4 cm³/mol. The lowest BCUT2D eigenvalue weighted by Crippen LogP contribution is -2.40. The molecule has 1 aromatic heterocycles. The largest absolute Gasteiger partial charge is 0.392 e. The second-order valence-corrected chi connectivity index (χ2v) is 4.41. The Labute approximate surface area is 93.9 Å². The molecule has 1 aromatic rings. The molecule has 0 amide bonds. The van der Waals surface area contributed by atoms with Gasteiger partial charge in [0.1, 0.15) is 0 Å². The molecule has 0 bridgehead atoms. The Hall–Kier alpha value is -0.520. The van der Waals surface area contributed by atoms with Gasteiger partial charge in [0.15, 0.2) is 0 Å². The highest BCUT2D eigenvalue weighted by atomic mass is 32.1. The van der Waals surface area contributed by atoms with Crippen molar-refractivity contribution >= 4 is 28.5 Å². The summed E-state index contributed by atoms with van der Waals surface area (Å²) in [5.41, 5.74) is 8.56. The van der Waals surface area contributed by atoms with E-state index in [0.717, 1.165) is 18.7 Å². The molecule has 1 unspecified atom stereocenters. The van der Waals surface area contributed by atoms with Crippen LogP contribution in [0.2, 0.25) is 0 Å². The molecule has 78 valence electrons. The predicted octanol–water partition coefficient (Wildman–Crippen LogP) is 1.64. The van der Waals surface area contributed by atoms with Gasteiger partial charge < -0.3 is 5.73 Å². The standard InChI is InChI=1S/C9H15N3S2/c1-3-8(9(10)13)12(2)4-7-5-14-6-11-7/h5-6,8H,3-4H2,1-2H3,(H2,10,13). The van der Waals surface area contributed by atoms with E-state index < -0.39 is 0 Å². The Morgan fingerprint density at radius 3 is 2.93 bits per heavy atom. The molecular weight excluding hydrogens is 214 g/mol. The topological polar surface area (TPSA) is 42.1 Å². The minimum Gasteiger partial charge on any atom is -0.392 e. The third-order valence-electron chi connectivity index (χ3n) is 2.14. The molecular formula is C9H15N3S2. The van der Waals surface area contributed by atoms with E-state index in [9.17, 15) is 0 Å². The lowest BCUT2D eigenvalue weighted by Gasteiger charge is -2.25. The zero-order valence-corrected chi connectivity index (χ0v) is 10.1. The zero-order chi connectivity index (χ0) is 10.6. The molecule has 5 heteroatoms. The van der Waals surface area contributed by atoms with E-state index in [1.807, 2.05) is 17.9 Å². The number of thiazole rings is 1. The summed E-state index contributed by atoms with van der Waals surface area (Å²) >= 11 is 6.61. The average Bonchev–Trinajstić information content (AvgIpc) is 2.57. The second-order valence-electron chi connectivity index (χ2n) is 3.22. The fourth-order valence-electron chi connectivity index (χ4n) is 1.41. The number of thiocarbonyl (C=S) groups is 1. The smallest absolute Gasteiger partial charge is 0.0901 e. The maximum absolute atomic E-state index is 5.65. The van der Waals surface area contributed by atoms with E-state index >= 15 is 0 Å². The highest BCUT2D eigenvalue weighted by Crippen LogP contribution is 2.09. The first-order valence-electron chi connectivity index (χ1n) is 4.51. The Morgan fingerprint density at radius 2 is 2.50 bits per heavy atom. The minimum atomic E-state index is 0.173. The second kappa shape index (κ2) is 5.38. The van der Waals surface area contributed by atoms with Crippen LogP contribution in [0.4, 0.5) is 0 Å². The summed E-state index contributed by atoms with van der Waals surface area (Å²) in [6.07, 6.45) is 0.940. The van der Waals surface area contributed by atoms with Crippen molar-refractivity contribution in [1.29, 1.82) is 0 Å². The molecule has 0 saturated carbocycles. The lowest BCUT2D eigenvalue weighted by atomic mass is 10.2. The molecule has 1 rings (SSSR count). The van der Waals surface area contributed by atoms with E-state index in [1.54, 1.807) is 11.3 Å². The van der Waals surface area contributed by atoms with Gasteiger partial charge in [0.05, 0.1) is 22.2 Å². The third-order valence-corrected chi connectivity index (χ3v) is 3.05. The molecule has 14 heavy (non-hydrogen) atoms. The highest BCUT2D eigenvalue weighted by Gasteiger charge is 2.15. The minimum absolute atomic E-state index is 0.173. The van der Waals surface area contributed by atoms with Gasteiger partial charge in [-0.3, -0.25) is 4.90 Å². The molecule has 1 heterocycles. The molecule has 0 radical (unpaired) electrons. The van der Waals surface area contributed by atoms with Gasteiger partial charge in [-0.15, -0.1) is 11.3 Å². The van der Waals surface area contributed by atoms with Crippen LogP contribution in [0, 0.1) is 0 Å². The first kappa shape index (κ1) is 11.6. The third kappa shape index (κ3) is 3.01. The molecule has 0 fully saturated rings. The fourth-order valence-corrected chi connectivity index (χ4v) is 2.31. The summed E-state index contributed by atoms with van der Waals surface area (Å²) in [6, 6.07) is 0.173. The summed E-state index contributed by atoms with van der Waals surface area (Å²) in [5, 5.41) is 2.04. The summed E-state index contributed by atoms with van der Waals surface area (Å²) in [4.78, 5) is 6.92. The van der Waals surface area contributed by atoms with Crippen LogP contribution in [-0.2, 0) is 6.54 Å². The summed E-state index contributed by atoms with van der Waals surface area (Å²) in [6.45, 7) is 2.89. The molecule has 0 saturated heterocycles. The van der Waals surface area contributed by atoms with Gasteiger partial charge in [0.25, 0.3) is 0 Å². The van der Waals surface area contributed by atoms with Gasteiger partial charge in [-0.2, -0.15) is 0 Å². The number of nitrogens with zero attached hydrogens (tertiary/aromatic N) is 2. The van der Waals surface area contributed by atoms with Crippen molar-refractivity contribution in [2.24, 2.45) is 5.73 Å². The SMILES string of the molecule is CCC(C(N)=S)N(C)Cc1cscn1. The number of aromatic nitrogens is 1. The average molecular weight is 229 g/mol. The summed E-state index contributed by atoms with van der Waals surface area (Å²) in [7, 11) is 2.02. The van der Waals surface area contributed by atoms with E-state index in [2.05, 4.69) is 16.8 Å². The lowest BCUT2D eigenvalue weighted by molar-refractivity contribution is 0.281. The molecule has 1 atom stereocenters. The zero-order valence-electron chi connectivity index (χ0n) is 8.43. The summed E-state index contributed by atoms with van der Waals surface area (Å²) in [5.74, 6) is 0. The van der Waals surface area contributed by atoms with Crippen molar-refractivity contribution in [1.82, 2.24) is 9.88 Å². The van der Waals surface area contributed by atoms with Crippen molar-refractivity contribution in [3.05, 3.63) is 16.6 Å². The van der Waals surface area contributed by atoms with Crippen LogP contribution in [0.15, 0.2) is 10.9 Å². The Balaban J connectivity index is 2.56. The van der Waals surface area contributed by atoms with Crippen molar-refractivity contribution in [3.63, 3.8) is 0 Å². The number of hydrogen-bond donors (Lipinski definition) is 1. The van der Waals surface area contributed by atoms with Crippen LogP contribution >= 0.6 is 23.6 Å². The number of nitrogens with two attached hydrogens (primary N) is 1. The molecule has 0 aliphatic rings. The maximum Gasteiger partial charge on any atom is 0.0901 e. The van der Waals surface area contributed by atoms with Crippen molar-refractivity contribution < 1.29 is 0 Å². The Morgan fingerprint density at radius 1 is 1.79 bits per heavy atom. The van der Waals surface area contributed by atoms with E-state index in [-0.39, 0.29) is 6.04 Å². The van der Waals surface area contributed by atoms with Crippen LogP contribution in [0.5, 0.6) is 0 Å². The molecule has 2 N–H and O–H groups in total. The molecule has 3 nitrogen and oxygen atoms in total. The molecule has 0 aliphatic carbocycles. The van der Waals surface area contributed by atoms with Crippen molar-refractivity contribution in [3.8, 4) is 0 Å². The van der Waals surface area contributed by atoms with Crippen molar-refractivity contribution in [2.45, 2.75) is 25.9 Å². The van der Waals surface area contributed by atoms with E-state index in [1.165, 1.54) is 0 Å². The van der Waals surface area contributed by atoms with Gasteiger partial charge in [-0.05, 0) is 13.5 Å². The first-order chi connectivity index (χ1) is 6.65. The Kier molecular flexibility index (Phi) is 4.44. The van der Waals surface area contributed by atoms with Gasteiger partial charge in [-0.1, -0.05) is 19.1 Å². The van der Waals surface area contributed by atoms with E-state index in [4.69, 9.17) is 18.0 Å². The van der Waals surface area contributed by atoms with Crippen LogP contribution in [-0.4, -0.2) is 28.0 Å². The molecule has 0 aromatic carbocycles. The normalized spacial score (nSPS) is 13.1. The van der Waals surface area contributed by atoms with Gasteiger partial charge >= 0.3 is 0 Å². The van der Waals surface area contributed by atoms with Crippen LogP contribution < -0.4 is 5.73 Å². The highest BCUT2D eigenvalue weighted by molar-refractivity contribution is 7.80. The number of rotatable bonds is 5. The van der Waals surface area contributed by atoms with Gasteiger partial charge in [0, 0.05) is 11.9 Å². The van der Waals surface area contributed by atoms with Crippen LogP contribution in [0.25, 0.3) is 0 Å². The Bertz CT molecular complexity index is 284. The van der Waals surface area contributed by atoms with Crippen LogP contribution in [0.1, 0.15) is 19.0 Å². The monoisotopic (exact) mass is 229 g/mol. The van der Waals surface area contributed by atoms with Gasteiger partial charge in [-0.25, -0.2) is 4.98 Å². The van der Waals surface area contributed by atoms with Gasteiger partial charge in [0.2, 0.25) is 0 Å². The summed E-state index contributed by atoms with van der Waals surface area (Å²) < 4.78 is 0.